The second-order valence-electron chi connectivity index (χ2n) is 8.40. The van der Waals surface area contributed by atoms with Gasteiger partial charge in [-0.15, -0.1) is 0 Å². The van der Waals surface area contributed by atoms with E-state index in [0.29, 0.717) is 6.61 Å². The zero-order valence-electron chi connectivity index (χ0n) is 15.8. The van der Waals surface area contributed by atoms with E-state index in [0.717, 1.165) is 37.2 Å². The summed E-state index contributed by atoms with van der Waals surface area (Å²) in [6, 6.07) is 8.12. The summed E-state index contributed by atoms with van der Waals surface area (Å²) < 4.78 is 11.1. The summed E-state index contributed by atoms with van der Waals surface area (Å²) in [5.41, 5.74) is 1.49. The molecule has 6 atom stereocenters. The van der Waals surface area contributed by atoms with Gasteiger partial charge in [0.05, 0.1) is 31.2 Å². The van der Waals surface area contributed by atoms with Gasteiger partial charge in [0, 0.05) is 17.6 Å². The van der Waals surface area contributed by atoms with E-state index in [-0.39, 0.29) is 41.8 Å². The van der Waals surface area contributed by atoms with Crippen molar-refractivity contribution < 1.29 is 19.1 Å². The first-order chi connectivity index (χ1) is 13.1. The van der Waals surface area contributed by atoms with Crippen molar-refractivity contribution in [2.24, 2.45) is 17.8 Å². The van der Waals surface area contributed by atoms with Crippen molar-refractivity contribution in [3.8, 4) is 0 Å². The molecule has 0 aromatic heterocycles. The number of anilines is 1. The van der Waals surface area contributed by atoms with Crippen molar-refractivity contribution in [1.29, 1.82) is 0 Å². The normalized spacial score (nSPS) is 40.2. The van der Waals surface area contributed by atoms with Gasteiger partial charge in [0.15, 0.2) is 0 Å². The minimum atomic E-state index is -0.546. The number of hydrogen-bond acceptors (Lipinski definition) is 5. The molecule has 5 rings (SSSR count). The maximum absolute atomic E-state index is 13.3. The van der Waals surface area contributed by atoms with Crippen molar-refractivity contribution in [2.75, 3.05) is 32.1 Å². The van der Waals surface area contributed by atoms with Crippen LogP contribution in [0.15, 0.2) is 24.3 Å². The summed E-state index contributed by atoms with van der Waals surface area (Å²) in [5.74, 6) is 0.00242. The lowest BCUT2D eigenvalue weighted by Crippen LogP contribution is -2.62. The van der Waals surface area contributed by atoms with Crippen molar-refractivity contribution in [3.63, 3.8) is 0 Å². The monoisotopic (exact) mass is 370 g/mol. The predicted octanol–water partition coefficient (Wildman–Crippen LogP) is 1.79. The summed E-state index contributed by atoms with van der Waals surface area (Å²) >= 11 is 0. The minimum Gasteiger partial charge on any atom is -0.469 e. The Labute approximate surface area is 159 Å². The number of fused-ring (bicyclic) bond motifs is 6. The summed E-state index contributed by atoms with van der Waals surface area (Å²) in [7, 11) is 1.45. The minimum absolute atomic E-state index is 0.0132. The molecule has 6 heteroatoms. The van der Waals surface area contributed by atoms with E-state index in [1.54, 1.807) is 0 Å². The van der Waals surface area contributed by atoms with E-state index in [4.69, 9.17) is 9.47 Å². The third-order valence-corrected chi connectivity index (χ3v) is 7.46. The van der Waals surface area contributed by atoms with Crippen molar-refractivity contribution in [1.82, 2.24) is 4.90 Å². The van der Waals surface area contributed by atoms with Crippen LogP contribution in [0, 0.1) is 17.8 Å². The molecule has 0 saturated carbocycles. The van der Waals surface area contributed by atoms with Crippen LogP contribution < -0.4 is 5.32 Å². The van der Waals surface area contributed by atoms with Gasteiger partial charge in [-0.3, -0.25) is 14.5 Å². The fourth-order valence-electron chi connectivity index (χ4n) is 6.32. The molecular formula is C21H26N2O4. The first-order valence-corrected chi connectivity index (χ1v) is 9.92. The number of piperidine rings is 1. The number of nitrogens with one attached hydrogen (secondary N) is 1. The van der Waals surface area contributed by atoms with Crippen LogP contribution in [0.4, 0.5) is 5.69 Å². The van der Waals surface area contributed by atoms with Crippen LogP contribution in [0.25, 0.3) is 0 Å². The van der Waals surface area contributed by atoms with E-state index in [2.05, 4.69) is 23.2 Å². The van der Waals surface area contributed by atoms with Gasteiger partial charge in [-0.2, -0.15) is 0 Å². The third kappa shape index (κ3) is 2.20. The zero-order valence-corrected chi connectivity index (χ0v) is 15.8. The number of hydrogen-bond donors (Lipinski definition) is 1. The first-order valence-electron chi connectivity index (χ1n) is 9.92. The average Bonchev–Trinajstić information content (AvgIpc) is 3.21. The number of carbonyl (C=O) groups is 2. The predicted molar refractivity (Wildman–Crippen MR) is 99.2 cm³/mol. The molecule has 27 heavy (non-hydrogen) atoms. The number of nitrogens with zero attached hydrogens (tertiary/aromatic N) is 1. The molecular weight excluding hydrogens is 344 g/mol. The zero-order chi connectivity index (χ0) is 18.8. The highest BCUT2D eigenvalue weighted by Gasteiger charge is 2.64. The lowest BCUT2D eigenvalue weighted by Gasteiger charge is -2.53. The van der Waals surface area contributed by atoms with Gasteiger partial charge >= 0.3 is 5.97 Å². The number of ether oxygens (including phenoxy) is 2. The number of amides is 1. The fraction of sp³-hybridized carbons (Fsp3) is 0.619. The van der Waals surface area contributed by atoms with E-state index < -0.39 is 5.41 Å². The molecule has 144 valence electrons. The van der Waals surface area contributed by atoms with Gasteiger partial charge in [0.2, 0.25) is 5.91 Å². The largest absolute Gasteiger partial charge is 0.469 e. The number of esters is 1. The Balaban J connectivity index is 1.60. The molecule has 1 aromatic carbocycles. The highest BCUT2D eigenvalue weighted by atomic mass is 16.5. The van der Waals surface area contributed by atoms with E-state index >= 15 is 0 Å². The highest BCUT2D eigenvalue weighted by Crippen LogP contribution is 2.55. The Morgan fingerprint density at radius 2 is 2.15 bits per heavy atom. The maximum Gasteiger partial charge on any atom is 0.311 e. The Kier molecular flexibility index (Phi) is 3.85. The molecule has 4 heterocycles. The Bertz CT molecular complexity index is 796. The molecule has 1 amide bonds. The highest BCUT2D eigenvalue weighted by molar-refractivity contribution is 6.07. The van der Waals surface area contributed by atoms with E-state index in [9.17, 15) is 9.59 Å². The molecule has 6 nitrogen and oxygen atoms in total. The van der Waals surface area contributed by atoms with Gasteiger partial charge in [0.25, 0.3) is 0 Å². The molecule has 4 aliphatic rings. The molecule has 1 spiro atoms. The van der Waals surface area contributed by atoms with Crippen molar-refractivity contribution >= 4 is 17.6 Å². The number of methoxy groups -OCH3 is 1. The number of benzene rings is 1. The standard InChI is InChI=1S/C21H26N2O4/c1-12-17-13(14(11-27-12)19(24)26-2)7-9-23-10-8-21(18(17)23)15-5-3-4-6-16(15)22-20(21)25/h3-6,12-14,17-18H,7-11H2,1-2H3,(H,22,25)/t12-,13+,14-,17-,18-,21-/m0/s1. The fourth-order valence-corrected chi connectivity index (χ4v) is 6.32. The number of rotatable bonds is 1. The molecule has 1 N–H and O–H groups in total. The van der Waals surface area contributed by atoms with E-state index in [1.807, 2.05) is 18.2 Å². The summed E-state index contributed by atoms with van der Waals surface area (Å²) in [6.07, 6.45) is 1.78. The van der Waals surface area contributed by atoms with Crippen LogP contribution in [0.5, 0.6) is 0 Å². The van der Waals surface area contributed by atoms with Gasteiger partial charge in [-0.1, -0.05) is 18.2 Å². The Hall–Kier alpha value is -1.92. The molecule has 3 saturated heterocycles. The van der Waals surface area contributed by atoms with Gasteiger partial charge in [-0.25, -0.2) is 0 Å². The molecule has 4 aliphatic heterocycles. The number of carbonyl (C=O) groups excluding carboxylic acids is 2. The number of para-hydroxylation sites is 1. The molecule has 0 aliphatic carbocycles. The van der Waals surface area contributed by atoms with Crippen molar-refractivity contribution in [2.45, 2.75) is 37.3 Å². The smallest absolute Gasteiger partial charge is 0.311 e. The second-order valence-corrected chi connectivity index (χ2v) is 8.40. The summed E-state index contributed by atoms with van der Waals surface area (Å²) in [5, 5.41) is 3.12. The second kappa shape index (κ2) is 6.04. The lowest BCUT2D eigenvalue weighted by molar-refractivity contribution is -0.173. The first kappa shape index (κ1) is 17.2. The van der Waals surface area contributed by atoms with E-state index in [1.165, 1.54) is 7.11 Å². The average molecular weight is 370 g/mol. The van der Waals surface area contributed by atoms with Gasteiger partial charge in [0.1, 0.15) is 0 Å². The SMILES string of the molecule is COC(=O)[C@H]1CO[C@@H](C)[C@H]2[C@@H]1CCN1CC[C@@]3(C(=O)Nc4ccccc43)[C@H]21. The summed E-state index contributed by atoms with van der Waals surface area (Å²) in [4.78, 5) is 28.2. The van der Waals surface area contributed by atoms with Crippen molar-refractivity contribution in [3.05, 3.63) is 29.8 Å². The quantitative estimate of drug-likeness (QED) is 0.764. The van der Waals surface area contributed by atoms with Crippen LogP contribution in [-0.4, -0.2) is 55.7 Å². The third-order valence-electron chi connectivity index (χ3n) is 7.46. The van der Waals surface area contributed by atoms with Crippen LogP contribution in [0.1, 0.15) is 25.3 Å². The van der Waals surface area contributed by atoms with Crippen LogP contribution in [0.2, 0.25) is 0 Å². The lowest BCUT2D eigenvalue weighted by atomic mass is 9.61. The maximum atomic E-state index is 13.3. The Morgan fingerprint density at radius 1 is 1.33 bits per heavy atom. The van der Waals surface area contributed by atoms with Gasteiger partial charge < -0.3 is 14.8 Å². The topological polar surface area (TPSA) is 67.9 Å². The molecule has 0 unspecified atom stereocenters. The Morgan fingerprint density at radius 3 is 2.96 bits per heavy atom. The van der Waals surface area contributed by atoms with Crippen LogP contribution in [-0.2, 0) is 24.5 Å². The summed E-state index contributed by atoms with van der Waals surface area (Å²) in [6.45, 7) is 4.34. The molecule has 0 bridgehead atoms. The van der Waals surface area contributed by atoms with Crippen LogP contribution >= 0.6 is 0 Å². The molecule has 0 radical (unpaired) electrons. The molecule has 3 fully saturated rings. The molecule has 1 aromatic rings. The van der Waals surface area contributed by atoms with Gasteiger partial charge in [-0.05, 0) is 50.4 Å². The van der Waals surface area contributed by atoms with Crippen LogP contribution in [0.3, 0.4) is 0 Å².